The fraction of sp³-hybridized carbons (Fsp3) is 0.190. The Morgan fingerprint density at radius 3 is 2.71 bits per heavy atom. The second-order valence-electron chi connectivity index (χ2n) is 6.38. The number of furan rings is 1. The van der Waals surface area contributed by atoms with E-state index in [1.165, 1.54) is 18.4 Å². The third-order valence-corrected chi connectivity index (χ3v) is 4.58. The molecule has 2 aromatic carbocycles. The van der Waals surface area contributed by atoms with Gasteiger partial charge in [0.1, 0.15) is 11.7 Å². The molecule has 6 nitrogen and oxygen atoms in total. The summed E-state index contributed by atoms with van der Waals surface area (Å²) in [4.78, 5) is 24.2. The number of esters is 1. The van der Waals surface area contributed by atoms with E-state index in [9.17, 15) is 9.59 Å². The highest BCUT2D eigenvalue weighted by Crippen LogP contribution is 2.25. The number of hydrogen-bond donors (Lipinski definition) is 1. The molecule has 0 spiro atoms. The number of hydrogen-bond acceptors (Lipinski definition) is 5. The van der Waals surface area contributed by atoms with Gasteiger partial charge in [-0.05, 0) is 55.3 Å². The minimum Gasteiger partial charge on any atom is -0.464 e. The highest BCUT2D eigenvalue weighted by molar-refractivity contribution is 6.31. The Morgan fingerprint density at radius 1 is 1.21 bits per heavy atom. The lowest BCUT2D eigenvalue weighted by atomic mass is 10.0. The van der Waals surface area contributed by atoms with Gasteiger partial charge in [-0.2, -0.15) is 5.26 Å². The third-order valence-electron chi connectivity index (χ3n) is 4.35. The summed E-state index contributed by atoms with van der Waals surface area (Å²) in [7, 11) is 0. The number of amides is 1. The standard InChI is InChI=1S/C21H17ClN2O4/c1-12-5-17-15(10-27-19(17)6-13(12)2)7-21(26)28-11-20(25)24-18-8-16(22)4-3-14(18)9-23/h3-6,8,10H,7,11H2,1-2H3,(H,24,25). The molecule has 3 aromatic rings. The number of anilines is 1. The molecule has 0 aliphatic rings. The molecule has 0 saturated heterocycles. The minimum absolute atomic E-state index is 0.0105. The molecule has 0 atom stereocenters. The van der Waals surface area contributed by atoms with Gasteiger partial charge in [0.25, 0.3) is 5.91 Å². The van der Waals surface area contributed by atoms with Gasteiger partial charge in [0.2, 0.25) is 0 Å². The number of nitrogens with zero attached hydrogens (tertiary/aromatic N) is 1. The minimum atomic E-state index is -0.560. The van der Waals surface area contributed by atoms with Crippen molar-refractivity contribution in [2.75, 3.05) is 11.9 Å². The largest absolute Gasteiger partial charge is 0.464 e. The highest BCUT2D eigenvalue weighted by atomic mass is 35.5. The predicted octanol–water partition coefficient (Wildman–Crippen LogP) is 4.30. The summed E-state index contributed by atoms with van der Waals surface area (Å²) in [5.41, 5.74) is 4.13. The van der Waals surface area contributed by atoms with E-state index in [-0.39, 0.29) is 17.7 Å². The van der Waals surface area contributed by atoms with Crippen LogP contribution in [0.5, 0.6) is 0 Å². The second-order valence-corrected chi connectivity index (χ2v) is 6.82. The summed E-state index contributed by atoms with van der Waals surface area (Å²) in [5.74, 6) is -1.11. The van der Waals surface area contributed by atoms with E-state index in [0.717, 1.165) is 16.5 Å². The quantitative estimate of drug-likeness (QED) is 0.649. The zero-order valence-corrected chi connectivity index (χ0v) is 16.1. The van der Waals surface area contributed by atoms with Crippen molar-refractivity contribution in [3.05, 3.63) is 63.9 Å². The lowest BCUT2D eigenvalue weighted by Gasteiger charge is -2.08. The fourth-order valence-corrected chi connectivity index (χ4v) is 2.90. The van der Waals surface area contributed by atoms with E-state index < -0.39 is 18.5 Å². The first-order valence-electron chi connectivity index (χ1n) is 8.50. The average molecular weight is 397 g/mol. The van der Waals surface area contributed by atoms with Crippen LogP contribution in [0.25, 0.3) is 11.0 Å². The molecule has 0 fully saturated rings. The number of nitriles is 1. The maximum atomic E-state index is 12.1. The second kappa shape index (κ2) is 8.15. The Bertz CT molecular complexity index is 1110. The van der Waals surface area contributed by atoms with E-state index in [0.29, 0.717) is 16.2 Å². The van der Waals surface area contributed by atoms with Gasteiger partial charge in [-0.3, -0.25) is 9.59 Å². The molecule has 0 bridgehead atoms. The Hall–Kier alpha value is -3.30. The SMILES string of the molecule is Cc1cc2occ(CC(=O)OCC(=O)Nc3cc(Cl)ccc3C#N)c2cc1C. The van der Waals surface area contributed by atoms with Gasteiger partial charge in [-0.1, -0.05) is 11.6 Å². The number of nitrogens with one attached hydrogen (secondary N) is 1. The number of benzene rings is 2. The third kappa shape index (κ3) is 4.33. The monoisotopic (exact) mass is 396 g/mol. The lowest BCUT2D eigenvalue weighted by Crippen LogP contribution is -2.22. The van der Waals surface area contributed by atoms with Crippen LogP contribution in [-0.4, -0.2) is 18.5 Å². The first kappa shape index (κ1) is 19.5. The maximum absolute atomic E-state index is 12.1. The number of carbonyl (C=O) groups is 2. The van der Waals surface area contributed by atoms with E-state index in [2.05, 4.69) is 5.32 Å². The van der Waals surface area contributed by atoms with Crippen LogP contribution in [0.1, 0.15) is 22.3 Å². The van der Waals surface area contributed by atoms with Gasteiger partial charge in [-0.25, -0.2) is 0 Å². The van der Waals surface area contributed by atoms with E-state index in [1.54, 1.807) is 6.07 Å². The Morgan fingerprint density at radius 2 is 1.96 bits per heavy atom. The van der Waals surface area contributed by atoms with Crippen LogP contribution in [0, 0.1) is 25.2 Å². The molecular weight excluding hydrogens is 380 g/mol. The Balaban J connectivity index is 1.60. The van der Waals surface area contributed by atoms with Gasteiger partial charge >= 0.3 is 5.97 Å². The van der Waals surface area contributed by atoms with E-state index in [4.69, 9.17) is 26.0 Å². The topological polar surface area (TPSA) is 92.3 Å². The van der Waals surface area contributed by atoms with Crippen LogP contribution in [0.3, 0.4) is 0 Å². The molecule has 28 heavy (non-hydrogen) atoms. The van der Waals surface area contributed by atoms with Crippen molar-refractivity contribution in [3.63, 3.8) is 0 Å². The van der Waals surface area contributed by atoms with Crippen molar-refractivity contribution < 1.29 is 18.7 Å². The van der Waals surface area contributed by atoms with E-state index in [1.807, 2.05) is 32.0 Å². The van der Waals surface area contributed by atoms with Crippen molar-refractivity contribution in [2.45, 2.75) is 20.3 Å². The molecule has 0 unspecified atom stereocenters. The van der Waals surface area contributed by atoms with Crippen LogP contribution >= 0.6 is 11.6 Å². The van der Waals surface area contributed by atoms with Crippen molar-refractivity contribution >= 4 is 40.1 Å². The van der Waals surface area contributed by atoms with Gasteiger partial charge in [0.15, 0.2) is 6.61 Å². The molecule has 1 N–H and O–H groups in total. The lowest BCUT2D eigenvalue weighted by molar-refractivity contribution is -0.146. The highest BCUT2D eigenvalue weighted by Gasteiger charge is 2.15. The van der Waals surface area contributed by atoms with Gasteiger partial charge in [-0.15, -0.1) is 0 Å². The number of halogens is 1. The Kier molecular flexibility index (Phi) is 5.67. The van der Waals surface area contributed by atoms with Crippen molar-refractivity contribution in [1.29, 1.82) is 5.26 Å². The van der Waals surface area contributed by atoms with Crippen molar-refractivity contribution in [3.8, 4) is 6.07 Å². The maximum Gasteiger partial charge on any atom is 0.310 e. The molecule has 3 rings (SSSR count). The van der Waals surface area contributed by atoms with E-state index >= 15 is 0 Å². The van der Waals surface area contributed by atoms with Gasteiger partial charge < -0.3 is 14.5 Å². The number of carbonyl (C=O) groups excluding carboxylic acids is 2. The molecular formula is C21H17ClN2O4. The molecule has 1 amide bonds. The summed E-state index contributed by atoms with van der Waals surface area (Å²) < 4.78 is 10.5. The zero-order chi connectivity index (χ0) is 20.3. The van der Waals surface area contributed by atoms with Gasteiger partial charge in [0, 0.05) is 16.0 Å². The summed E-state index contributed by atoms with van der Waals surface area (Å²) in [6.45, 7) is 3.51. The zero-order valence-electron chi connectivity index (χ0n) is 15.3. The van der Waals surface area contributed by atoms with Crippen LogP contribution in [-0.2, 0) is 20.7 Å². The number of fused-ring (bicyclic) bond motifs is 1. The van der Waals surface area contributed by atoms with Gasteiger partial charge in [0.05, 0.1) is 23.9 Å². The fourth-order valence-electron chi connectivity index (χ4n) is 2.73. The van der Waals surface area contributed by atoms with Crippen molar-refractivity contribution in [2.24, 2.45) is 0 Å². The van der Waals surface area contributed by atoms with Crippen LogP contribution < -0.4 is 5.32 Å². The summed E-state index contributed by atoms with van der Waals surface area (Å²) in [6.07, 6.45) is 1.51. The molecule has 1 aromatic heterocycles. The number of rotatable bonds is 5. The smallest absolute Gasteiger partial charge is 0.310 e. The first-order chi connectivity index (χ1) is 13.4. The molecule has 0 aliphatic carbocycles. The Labute approximate surface area is 166 Å². The molecule has 142 valence electrons. The van der Waals surface area contributed by atoms with Crippen LogP contribution in [0.4, 0.5) is 5.69 Å². The number of ether oxygens (including phenoxy) is 1. The van der Waals surface area contributed by atoms with Crippen molar-refractivity contribution in [1.82, 2.24) is 0 Å². The molecule has 7 heteroatoms. The molecule has 1 heterocycles. The summed E-state index contributed by atoms with van der Waals surface area (Å²) in [5, 5.41) is 12.8. The van der Waals surface area contributed by atoms with Crippen LogP contribution in [0.15, 0.2) is 41.0 Å². The molecule has 0 radical (unpaired) electrons. The first-order valence-corrected chi connectivity index (χ1v) is 8.87. The molecule has 0 saturated carbocycles. The molecule has 0 aliphatic heterocycles. The van der Waals surface area contributed by atoms with Crippen LogP contribution in [0.2, 0.25) is 5.02 Å². The predicted molar refractivity (Wildman–Crippen MR) is 105 cm³/mol. The summed E-state index contributed by atoms with van der Waals surface area (Å²) in [6, 6.07) is 10.3. The normalized spacial score (nSPS) is 10.5. The average Bonchev–Trinajstić information content (AvgIpc) is 3.02. The summed E-state index contributed by atoms with van der Waals surface area (Å²) >= 11 is 5.88. The number of aryl methyl sites for hydroxylation is 2.